The maximum absolute atomic E-state index is 13.4. The van der Waals surface area contributed by atoms with E-state index in [-0.39, 0.29) is 11.7 Å². The molecule has 0 aromatic heterocycles. The molecule has 0 radical (unpaired) electrons. The lowest BCUT2D eigenvalue weighted by Crippen LogP contribution is -2.35. The second-order valence-electron chi connectivity index (χ2n) is 9.38. The molecule has 2 aromatic carbocycles. The van der Waals surface area contributed by atoms with Crippen molar-refractivity contribution in [2.45, 2.75) is 58.7 Å². The maximum atomic E-state index is 13.4. The van der Waals surface area contributed by atoms with Crippen LogP contribution in [0.2, 0.25) is 0 Å². The summed E-state index contributed by atoms with van der Waals surface area (Å²) in [6.07, 6.45) is -1.41. The average molecular weight is 490 g/mol. The van der Waals surface area contributed by atoms with Crippen molar-refractivity contribution >= 4 is 30.0 Å². The van der Waals surface area contributed by atoms with Crippen LogP contribution >= 0.6 is 12.6 Å². The molecule has 2 aromatic rings. The van der Waals surface area contributed by atoms with Gasteiger partial charge in [-0.05, 0) is 86.3 Å². The first-order valence-electron chi connectivity index (χ1n) is 11.2. The molecule has 0 saturated heterocycles. The quantitative estimate of drug-likeness (QED) is 0.343. The molecule has 0 bridgehead atoms. The van der Waals surface area contributed by atoms with Gasteiger partial charge in [0.2, 0.25) is 0 Å². The van der Waals surface area contributed by atoms with Crippen molar-refractivity contribution in [2.75, 3.05) is 11.4 Å². The zero-order chi connectivity index (χ0) is 25.1. The summed E-state index contributed by atoms with van der Waals surface area (Å²) in [5, 5.41) is 0. The molecule has 182 valence electrons. The fourth-order valence-corrected chi connectivity index (χ4v) is 4.05. The normalized spacial score (nSPS) is 15.2. The van der Waals surface area contributed by atoms with Crippen LogP contribution in [-0.2, 0) is 17.6 Å². The van der Waals surface area contributed by atoms with Gasteiger partial charge in [-0.1, -0.05) is 42.5 Å². The van der Waals surface area contributed by atoms with Gasteiger partial charge in [-0.15, -0.1) is 12.6 Å². The molecule has 0 aliphatic carbocycles. The van der Waals surface area contributed by atoms with Crippen LogP contribution in [0, 0.1) is 0 Å². The van der Waals surface area contributed by atoms with Crippen molar-refractivity contribution in [2.24, 2.45) is 0 Å². The van der Waals surface area contributed by atoms with E-state index in [1.165, 1.54) is 6.08 Å². The van der Waals surface area contributed by atoms with Gasteiger partial charge in [0.25, 0.3) is 0 Å². The number of nitrogens with zero attached hydrogens (tertiary/aromatic N) is 1. The van der Waals surface area contributed by atoms with Gasteiger partial charge in [0.1, 0.15) is 5.60 Å². The summed E-state index contributed by atoms with van der Waals surface area (Å²) in [6, 6.07) is 14.4. The molecule has 1 aliphatic heterocycles. The van der Waals surface area contributed by atoms with Crippen molar-refractivity contribution in [3.8, 4) is 0 Å². The summed E-state index contributed by atoms with van der Waals surface area (Å²) < 4.78 is 45.8. The highest BCUT2D eigenvalue weighted by molar-refractivity contribution is 7.84. The Morgan fingerprint density at radius 3 is 2.41 bits per heavy atom. The standard InChI is InChI=1S/C27H30F3NO2S/c1-18(27(28,29)30)23(20-8-6-5-7-9-20)17-22(34)12-10-19-11-13-24-21(16-19)14-15-31(24)25(32)33-26(2,3)4/h5-9,11,13,16-17,34H,10,12,14-15H2,1-4H3/b22-17-,23-18-. The minimum absolute atomic E-state index is 0.125. The number of hydrogen-bond acceptors (Lipinski definition) is 3. The Balaban J connectivity index is 1.74. The Hall–Kier alpha value is -2.67. The molecule has 34 heavy (non-hydrogen) atoms. The first-order valence-corrected chi connectivity index (χ1v) is 11.7. The zero-order valence-corrected chi connectivity index (χ0v) is 20.8. The minimum Gasteiger partial charge on any atom is -0.443 e. The fourth-order valence-electron chi connectivity index (χ4n) is 3.81. The van der Waals surface area contributed by atoms with Gasteiger partial charge in [-0.25, -0.2) is 4.79 Å². The van der Waals surface area contributed by atoms with Crippen LogP contribution in [0.15, 0.2) is 65.1 Å². The van der Waals surface area contributed by atoms with E-state index in [1.54, 1.807) is 35.2 Å². The van der Waals surface area contributed by atoms with Crippen LogP contribution in [-0.4, -0.2) is 24.4 Å². The first-order chi connectivity index (χ1) is 15.8. The Morgan fingerprint density at radius 1 is 1.12 bits per heavy atom. The summed E-state index contributed by atoms with van der Waals surface area (Å²) in [5.74, 6) is 0. The van der Waals surface area contributed by atoms with E-state index in [2.05, 4.69) is 18.7 Å². The van der Waals surface area contributed by atoms with E-state index in [4.69, 9.17) is 4.74 Å². The lowest BCUT2D eigenvalue weighted by Gasteiger charge is -2.24. The van der Waals surface area contributed by atoms with E-state index in [0.29, 0.717) is 29.9 Å². The molecular formula is C27H30F3NO2S. The number of carbonyl (C=O) groups is 1. The number of carbonyl (C=O) groups excluding carboxylic acids is 1. The van der Waals surface area contributed by atoms with E-state index >= 15 is 0 Å². The summed E-state index contributed by atoms with van der Waals surface area (Å²) in [5.41, 5.74) is 2.36. The summed E-state index contributed by atoms with van der Waals surface area (Å²) in [6.45, 7) is 7.16. The molecule has 1 amide bonds. The highest BCUT2D eigenvalue weighted by Crippen LogP contribution is 2.35. The third-order valence-corrected chi connectivity index (χ3v) is 5.90. The highest BCUT2D eigenvalue weighted by atomic mass is 32.1. The van der Waals surface area contributed by atoms with E-state index in [9.17, 15) is 18.0 Å². The molecule has 0 spiro atoms. The van der Waals surface area contributed by atoms with Gasteiger partial charge in [-0.2, -0.15) is 13.2 Å². The number of amides is 1. The number of fused-ring (bicyclic) bond motifs is 1. The van der Waals surface area contributed by atoms with Gasteiger partial charge in [-0.3, -0.25) is 4.90 Å². The van der Waals surface area contributed by atoms with Crippen LogP contribution in [0.1, 0.15) is 50.8 Å². The Morgan fingerprint density at radius 2 is 1.79 bits per heavy atom. The predicted molar refractivity (Wildman–Crippen MR) is 134 cm³/mol. The number of alkyl halides is 3. The third-order valence-electron chi connectivity index (χ3n) is 5.55. The van der Waals surface area contributed by atoms with E-state index < -0.39 is 17.4 Å². The van der Waals surface area contributed by atoms with Crippen molar-refractivity contribution in [1.82, 2.24) is 0 Å². The average Bonchev–Trinajstić information content (AvgIpc) is 3.18. The van der Waals surface area contributed by atoms with Crippen molar-refractivity contribution in [1.29, 1.82) is 0 Å². The SMILES string of the molecule is C/C(=C(\C=C(/S)CCc1ccc2c(c1)CCN2C(=O)OC(C)(C)C)c1ccccc1)C(F)(F)F. The summed E-state index contributed by atoms with van der Waals surface area (Å²) in [7, 11) is 0. The zero-order valence-electron chi connectivity index (χ0n) is 19.9. The van der Waals surface area contributed by atoms with Gasteiger partial charge in [0.05, 0.1) is 5.69 Å². The molecule has 0 fully saturated rings. The van der Waals surface area contributed by atoms with E-state index in [0.717, 1.165) is 30.2 Å². The molecule has 3 rings (SSSR count). The number of allylic oxidation sites excluding steroid dienone is 4. The smallest absolute Gasteiger partial charge is 0.414 e. The molecule has 1 heterocycles. The van der Waals surface area contributed by atoms with Crippen LogP contribution in [0.25, 0.3) is 5.57 Å². The fraction of sp³-hybridized carbons (Fsp3) is 0.370. The number of anilines is 1. The molecule has 1 aliphatic rings. The first kappa shape index (κ1) is 25.9. The lowest BCUT2D eigenvalue weighted by molar-refractivity contribution is -0.0906. The van der Waals surface area contributed by atoms with Crippen LogP contribution < -0.4 is 4.90 Å². The number of thiol groups is 1. The number of rotatable bonds is 5. The molecule has 3 nitrogen and oxygen atoms in total. The molecule has 7 heteroatoms. The van der Waals surface area contributed by atoms with Crippen LogP contribution in [0.5, 0.6) is 0 Å². The highest BCUT2D eigenvalue weighted by Gasteiger charge is 2.32. The number of benzene rings is 2. The molecular weight excluding hydrogens is 459 g/mol. The van der Waals surface area contributed by atoms with Crippen LogP contribution in [0.3, 0.4) is 0 Å². The van der Waals surface area contributed by atoms with Crippen molar-refractivity contribution in [3.05, 3.63) is 81.8 Å². The van der Waals surface area contributed by atoms with Gasteiger partial charge >= 0.3 is 12.3 Å². The number of ether oxygens (including phenoxy) is 1. The van der Waals surface area contributed by atoms with Gasteiger partial charge in [0.15, 0.2) is 0 Å². The maximum Gasteiger partial charge on any atom is 0.414 e. The molecule has 0 saturated carbocycles. The summed E-state index contributed by atoms with van der Waals surface area (Å²) >= 11 is 4.49. The monoisotopic (exact) mass is 489 g/mol. The van der Waals surface area contributed by atoms with E-state index in [1.807, 2.05) is 32.9 Å². The number of aryl methyl sites for hydroxylation is 1. The second-order valence-corrected chi connectivity index (χ2v) is 9.96. The third kappa shape index (κ3) is 6.69. The second kappa shape index (κ2) is 10.3. The number of halogens is 3. The molecule has 0 atom stereocenters. The van der Waals surface area contributed by atoms with Crippen molar-refractivity contribution < 1.29 is 22.7 Å². The predicted octanol–water partition coefficient (Wildman–Crippen LogP) is 7.77. The Bertz CT molecular complexity index is 1100. The minimum atomic E-state index is -4.42. The van der Waals surface area contributed by atoms with Gasteiger partial charge < -0.3 is 4.74 Å². The Kier molecular flexibility index (Phi) is 7.86. The van der Waals surface area contributed by atoms with Gasteiger partial charge in [0, 0.05) is 12.1 Å². The number of hydrogen-bond donors (Lipinski definition) is 1. The van der Waals surface area contributed by atoms with Crippen LogP contribution in [0.4, 0.5) is 23.7 Å². The lowest BCUT2D eigenvalue weighted by atomic mass is 9.98. The topological polar surface area (TPSA) is 29.5 Å². The Labute approximate surface area is 204 Å². The largest absolute Gasteiger partial charge is 0.443 e. The summed E-state index contributed by atoms with van der Waals surface area (Å²) in [4.78, 5) is 14.7. The van der Waals surface area contributed by atoms with Crippen molar-refractivity contribution in [3.63, 3.8) is 0 Å². The molecule has 0 unspecified atom stereocenters. The molecule has 0 N–H and O–H groups in total.